The Morgan fingerprint density at radius 3 is 2.50 bits per heavy atom. The van der Waals surface area contributed by atoms with Crippen molar-refractivity contribution < 1.29 is 22.3 Å². The fourth-order valence-electron chi connectivity index (χ4n) is 2.58. The Labute approximate surface area is 164 Å². The first-order chi connectivity index (χ1) is 13.3. The van der Waals surface area contributed by atoms with Crippen molar-refractivity contribution >= 4 is 11.8 Å². The monoisotopic (exact) mass is 407 g/mol. The molecule has 2 aromatic carbocycles. The molecule has 2 nitrogen and oxygen atoms in total. The summed E-state index contributed by atoms with van der Waals surface area (Å²) < 4.78 is 57.7. The van der Waals surface area contributed by atoms with Crippen molar-refractivity contribution in [1.29, 1.82) is 0 Å². The van der Waals surface area contributed by atoms with Crippen molar-refractivity contribution in [3.05, 3.63) is 77.7 Å². The van der Waals surface area contributed by atoms with E-state index in [-0.39, 0.29) is 5.56 Å². The van der Waals surface area contributed by atoms with Gasteiger partial charge in [-0.25, -0.2) is 9.37 Å². The lowest BCUT2D eigenvalue weighted by atomic mass is 10.0. The summed E-state index contributed by atoms with van der Waals surface area (Å²) in [4.78, 5) is 4.51. The highest BCUT2D eigenvalue weighted by atomic mass is 32.2. The highest BCUT2D eigenvalue weighted by molar-refractivity contribution is 7.99. The first-order valence-corrected chi connectivity index (χ1v) is 9.43. The van der Waals surface area contributed by atoms with Crippen LogP contribution in [0.15, 0.2) is 65.7 Å². The zero-order valence-corrected chi connectivity index (χ0v) is 15.8. The van der Waals surface area contributed by atoms with Crippen LogP contribution in [0.2, 0.25) is 0 Å². The van der Waals surface area contributed by atoms with Crippen molar-refractivity contribution in [1.82, 2.24) is 4.98 Å². The maximum absolute atomic E-state index is 14.5. The Morgan fingerprint density at radius 1 is 1.04 bits per heavy atom. The molecule has 0 bridgehead atoms. The zero-order valence-electron chi connectivity index (χ0n) is 15.0. The molecular weight excluding hydrogens is 390 g/mol. The maximum Gasteiger partial charge on any atom is 0.398 e. The van der Waals surface area contributed by atoms with Gasteiger partial charge in [0.05, 0.1) is 5.75 Å². The average Bonchev–Trinajstić information content (AvgIpc) is 2.66. The van der Waals surface area contributed by atoms with Gasteiger partial charge in [0.15, 0.2) is 0 Å². The van der Waals surface area contributed by atoms with Gasteiger partial charge in [0.2, 0.25) is 5.88 Å². The van der Waals surface area contributed by atoms with Crippen LogP contribution in [0.5, 0.6) is 5.88 Å². The second-order valence-corrected chi connectivity index (χ2v) is 7.18. The maximum atomic E-state index is 14.5. The molecule has 146 valence electrons. The van der Waals surface area contributed by atoms with Crippen LogP contribution < -0.4 is 4.74 Å². The molecule has 0 spiro atoms. The Hall–Kier alpha value is -2.54. The summed E-state index contributed by atoms with van der Waals surface area (Å²) in [5.74, 6) is -1.22. The van der Waals surface area contributed by atoms with Crippen molar-refractivity contribution in [3.63, 3.8) is 0 Å². The number of benzene rings is 2. The van der Waals surface area contributed by atoms with Crippen LogP contribution in [0.4, 0.5) is 17.6 Å². The van der Waals surface area contributed by atoms with E-state index >= 15 is 0 Å². The molecule has 0 fully saturated rings. The minimum Gasteiger partial charge on any atom is -0.473 e. The quantitative estimate of drug-likeness (QED) is 0.347. The highest BCUT2D eigenvalue weighted by Gasteiger charge is 2.27. The Kier molecular flexibility index (Phi) is 6.24. The molecule has 3 aromatic rings. The average molecular weight is 407 g/mol. The molecule has 7 heteroatoms. The van der Waals surface area contributed by atoms with Crippen LogP contribution in [0, 0.1) is 12.7 Å². The third-order valence-electron chi connectivity index (χ3n) is 3.93. The molecule has 1 heterocycles. The molecule has 0 saturated heterocycles. The Morgan fingerprint density at radius 2 is 1.79 bits per heavy atom. The number of hydrogen-bond acceptors (Lipinski definition) is 3. The van der Waals surface area contributed by atoms with Crippen LogP contribution >= 0.6 is 11.8 Å². The van der Waals surface area contributed by atoms with E-state index in [1.54, 1.807) is 19.1 Å². The molecular formula is C21H17F4NOS. The summed E-state index contributed by atoms with van der Waals surface area (Å²) in [5.41, 5.74) is 2.12. The molecule has 28 heavy (non-hydrogen) atoms. The minimum absolute atomic E-state index is 0.210. The van der Waals surface area contributed by atoms with Gasteiger partial charge >= 0.3 is 6.18 Å². The van der Waals surface area contributed by atoms with Crippen molar-refractivity contribution in [3.8, 4) is 17.0 Å². The molecule has 0 N–H and O–H groups in total. The van der Waals surface area contributed by atoms with E-state index in [1.165, 1.54) is 18.3 Å². The lowest BCUT2D eigenvalue weighted by molar-refractivity contribution is -0.105. The second kappa shape index (κ2) is 8.65. The zero-order chi connectivity index (χ0) is 20.1. The normalized spacial score (nSPS) is 11.5. The smallest absolute Gasteiger partial charge is 0.398 e. The van der Waals surface area contributed by atoms with Gasteiger partial charge in [0.1, 0.15) is 12.4 Å². The first kappa shape index (κ1) is 20.2. The van der Waals surface area contributed by atoms with Gasteiger partial charge in [-0.1, -0.05) is 30.3 Å². The lowest BCUT2D eigenvalue weighted by Crippen LogP contribution is -2.10. The molecule has 0 aliphatic carbocycles. The fourth-order valence-corrected chi connectivity index (χ4v) is 3.38. The van der Waals surface area contributed by atoms with E-state index in [0.717, 1.165) is 5.56 Å². The van der Waals surface area contributed by atoms with Gasteiger partial charge in [-0.2, -0.15) is 13.2 Å². The fraction of sp³-hybridized carbons (Fsp3) is 0.190. The largest absolute Gasteiger partial charge is 0.473 e. The molecule has 0 aliphatic rings. The van der Waals surface area contributed by atoms with E-state index in [1.807, 2.05) is 30.3 Å². The molecule has 0 aliphatic heterocycles. The Bertz CT molecular complexity index is 945. The number of nitrogens with zero attached hydrogens (tertiary/aromatic N) is 1. The summed E-state index contributed by atoms with van der Waals surface area (Å²) in [6.45, 7) is 1.90. The lowest BCUT2D eigenvalue weighted by Gasteiger charge is -2.12. The van der Waals surface area contributed by atoms with Crippen LogP contribution in [0.3, 0.4) is 0 Å². The van der Waals surface area contributed by atoms with Crippen molar-refractivity contribution in [2.45, 2.75) is 24.6 Å². The van der Waals surface area contributed by atoms with Crippen LogP contribution in [-0.2, 0) is 6.61 Å². The summed E-state index contributed by atoms with van der Waals surface area (Å²) in [5, 5.41) is 0. The summed E-state index contributed by atoms with van der Waals surface area (Å²) >= 11 is 0.645. The molecule has 0 amide bonds. The third-order valence-corrected chi connectivity index (χ3v) is 5.15. The van der Waals surface area contributed by atoms with Gasteiger partial charge < -0.3 is 4.74 Å². The number of ether oxygens (including phenoxy) is 1. The van der Waals surface area contributed by atoms with Crippen molar-refractivity contribution in [2.75, 3.05) is 5.75 Å². The standard InChI is InChI=1S/C21H17F4NOS/c1-14-9-18(22)17(11-19(14)28-13-21(23,24)25)16-7-8-26-20(10-16)27-12-15-5-3-2-4-6-15/h2-11H,12-13H2,1H3. The molecule has 3 rings (SSSR count). The van der Waals surface area contributed by atoms with Crippen LogP contribution in [0.25, 0.3) is 11.1 Å². The van der Waals surface area contributed by atoms with Gasteiger partial charge in [0, 0.05) is 22.7 Å². The Balaban J connectivity index is 1.82. The number of pyridine rings is 1. The number of hydrogen-bond donors (Lipinski definition) is 0. The van der Waals surface area contributed by atoms with E-state index in [4.69, 9.17) is 4.74 Å². The SMILES string of the molecule is Cc1cc(F)c(-c2ccnc(OCc3ccccc3)c2)cc1SCC(F)(F)F. The molecule has 1 aromatic heterocycles. The molecule has 0 atom stereocenters. The van der Waals surface area contributed by atoms with Gasteiger partial charge in [0.25, 0.3) is 0 Å². The van der Waals surface area contributed by atoms with Gasteiger partial charge in [-0.3, -0.25) is 0 Å². The number of aromatic nitrogens is 1. The molecule has 0 radical (unpaired) electrons. The molecule has 0 unspecified atom stereocenters. The topological polar surface area (TPSA) is 22.1 Å². The van der Waals surface area contributed by atoms with Crippen LogP contribution in [0.1, 0.15) is 11.1 Å². The van der Waals surface area contributed by atoms with E-state index in [0.29, 0.717) is 40.3 Å². The summed E-state index contributed by atoms with van der Waals surface area (Å²) in [6.07, 6.45) is -2.81. The predicted molar refractivity (Wildman–Crippen MR) is 102 cm³/mol. The number of aryl methyl sites for hydroxylation is 1. The summed E-state index contributed by atoms with van der Waals surface area (Å²) in [6, 6.07) is 15.4. The second-order valence-electron chi connectivity index (χ2n) is 6.16. The van der Waals surface area contributed by atoms with E-state index < -0.39 is 17.7 Å². The number of alkyl halides is 3. The summed E-state index contributed by atoms with van der Waals surface area (Å²) in [7, 11) is 0. The van der Waals surface area contributed by atoms with Crippen molar-refractivity contribution in [2.24, 2.45) is 0 Å². The van der Waals surface area contributed by atoms with E-state index in [2.05, 4.69) is 4.98 Å². The van der Waals surface area contributed by atoms with Gasteiger partial charge in [-0.05, 0) is 41.8 Å². The predicted octanol–water partition coefficient (Wildman–Crippen LogP) is 6.43. The molecule has 0 saturated carbocycles. The third kappa shape index (κ3) is 5.48. The van der Waals surface area contributed by atoms with Gasteiger partial charge in [-0.15, -0.1) is 11.8 Å². The highest BCUT2D eigenvalue weighted by Crippen LogP contribution is 2.34. The number of thioether (sulfide) groups is 1. The minimum atomic E-state index is -4.29. The number of rotatable bonds is 6. The van der Waals surface area contributed by atoms with Crippen LogP contribution in [-0.4, -0.2) is 16.9 Å². The number of halogens is 4. The van der Waals surface area contributed by atoms with E-state index in [9.17, 15) is 17.6 Å². The first-order valence-electron chi connectivity index (χ1n) is 8.45.